The average molecular weight is 560 g/mol. The maximum atomic E-state index is 11.5. The molecule has 182 valence electrons. The fraction of sp³-hybridized carbons (Fsp3) is 0.667. The number of likely N-dealkylation sites (tertiary alicyclic amines) is 1. The topological polar surface area (TPSA) is 92.0 Å². The van der Waals surface area contributed by atoms with Crippen molar-refractivity contribution in [2.45, 2.75) is 53.1 Å². The van der Waals surface area contributed by atoms with E-state index >= 15 is 0 Å². The minimum Gasteiger partial charge on any atom is -0.381 e. The maximum absolute atomic E-state index is 11.5. The molecule has 1 aliphatic rings. The third kappa shape index (κ3) is 11.5. The Morgan fingerprint density at radius 2 is 2.09 bits per heavy atom. The highest BCUT2D eigenvalue weighted by atomic mass is 127. The van der Waals surface area contributed by atoms with E-state index in [4.69, 9.17) is 15.5 Å². The number of ether oxygens (including phenoxy) is 1. The number of amides is 1. The largest absolute Gasteiger partial charge is 0.381 e. The van der Waals surface area contributed by atoms with Gasteiger partial charge in [0.2, 0.25) is 5.91 Å². The minimum absolute atomic E-state index is 0. The quantitative estimate of drug-likeness (QED) is 0.159. The van der Waals surface area contributed by atoms with E-state index < -0.39 is 0 Å². The van der Waals surface area contributed by atoms with Crippen LogP contribution in [0.25, 0.3) is 0 Å². The van der Waals surface area contributed by atoms with Gasteiger partial charge in [-0.25, -0.2) is 4.99 Å². The number of aliphatic imine (C=N–C) groups is 1. The van der Waals surface area contributed by atoms with Crippen molar-refractivity contribution in [3.05, 3.63) is 35.4 Å². The molecule has 8 heteroatoms. The summed E-state index contributed by atoms with van der Waals surface area (Å²) in [5.74, 6) is 1.20. The third-order valence-electron chi connectivity index (χ3n) is 5.28. The van der Waals surface area contributed by atoms with Crippen molar-refractivity contribution in [1.82, 2.24) is 15.5 Å². The predicted molar refractivity (Wildman–Crippen MR) is 142 cm³/mol. The van der Waals surface area contributed by atoms with Crippen molar-refractivity contribution in [3.8, 4) is 0 Å². The molecule has 4 N–H and O–H groups in total. The molecule has 1 aromatic rings. The number of rotatable bonds is 12. The Kier molecular flexibility index (Phi) is 14.6. The number of hydrogen-bond acceptors (Lipinski definition) is 4. The number of carbonyl (C=O) groups is 1. The lowest BCUT2D eigenvalue weighted by atomic mass is 9.97. The van der Waals surface area contributed by atoms with Crippen molar-refractivity contribution < 1.29 is 9.53 Å². The first kappa shape index (κ1) is 28.6. The molecule has 1 amide bonds. The molecule has 1 heterocycles. The molecule has 0 aromatic heterocycles. The molecule has 1 aromatic carbocycles. The number of primary amides is 1. The van der Waals surface area contributed by atoms with Crippen molar-refractivity contribution in [3.63, 3.8) is 0 Å². The Bertz CT molecular complexity index is 699. The highest BCUT2D eigenvalue weighted by Crippen LogP contribution is 2.19. The Balaban J connectivity index is 0.00000512. The molecular formula is C24H42IN5O2. The van der Waals surface area contributed by atoms with Crippen LogP contribution in [0.4, 0.5) is 0 Å². The van der Waals surface area contributed by atoms with Crippen LogP contribution >= 0.6 is 24.0 Å². The van der Waals surface area contributed by atoms with E-state index in [0.717, 1.165) is 71.2 Å². The predicted octanol–water partition coefficient (Wildman–Crippen LogP) is 3.12. The summed E-state index contributed by atoms with van der Waals surface area (Å²) in [6, 6.07) is 8.54. The number of nitrogens with two attached hydrogens (primary N) is 1. The number of guanidine groups is 1. The van der Waals surface area contributed by atoms with Crippen molar-refractivity contribution in [1.29, 1.82) is 0 Å². The summed E-state index contributed by atoms with van der Waals surface area (Å²) >= 11 is 0. The second kappa shape index (κ2) is 16.3. The number of piperidine rings is 1. The van der Waals surface area contributed by atoms with Crippen LogP contribution < -0.4 is 16.4 Å². The van der Waals surface area contributed by atoms with E-state index in [0.29, 0.717) is 12.5 Å². The van der Waals surface area contributed by atoms with Gasteiger partial charge in [-0.1, -0.05) is 38.1 Å². The molecule has 1 aliphatic heterocycles. The van der Waals surface area contributed by atoms with Crippen LogP contribution in [0, 0.1) is 11.8 Å². The van der Waals surface area contributed by atoms with Crippen LogP contribution in [-0.2, 0) is 22.6 Å². The summed E-state index contributed by atoms with van der Waals surface area (Å²) in [7, 11) is 0. The van der Waals surface area contributed by atoms with Gasteiger partial charge >= 0.3 is 0 Å². The van der Waals surface area contributed by atoms with Crippen molar-refractivity contribution in [2.75, 3.05) is 39.4 Å². The molecule has 32 heavy (non-hydrogen) atoms. The van der Waals surface area contributed by atoms with Gasteiger partial charge in [0, 0.05) is 39.4 Å². The van der Waals surface area contributed by atoms with Gasteiger partial charge in [0.05, 0.1) is 12.5 Å². The summed E-state index contributed by atoms with van der Waals surface area (Å²) < 4.78 is 5.63. The van der Waals surface area contributed by atoms with Gasteiger partial charge in [-0.05, 0) is 49.8 Å². The number of halogens is 1. The Hall–Kier alpha value is -1.39. The fourth-order valence-electron chi connectivity index (χ4n) is 3.73. The Morgan fingerprint density at radius 1 is 1.31 bits per heavy atom. The summed E-state index contributed by atoms with van der Waals surface area (Å²) in [6.45, 7) is 12.9. The van der Waals surface area contributed by atoms with Crippen molar-refractivity contribution in [2.24, 2.45) is 22.6 Å². The molecule has 1 fully saturated rings. The molecule has 2 rings (SSSR count). The van der Waals surface area contributed by atoms with Crippen LogP contribution in [-0.4, -0.2) is 56.2 Å². The van der Waals surface area contributed by atoms with E-state index in [1.165, 1.54) is 11.1 Å². The minimum atomic E-state index is -0.178. The lowest BCUT2D eigenvalue weighted by molar-refractivity contribution is -0.123. The summed E-state index contributed by atoms with van der Waals surface area (Å²) in [5.41, 5.74) is 7.94. The third-order valence-corrected chi connectivity index (χ3v) is 5.28. The van der Waals surface area contributed by atoms with Gasteiger partial charge in [-0.3, -0.25) is 9.69 Å². The number of nitrogens with one attached hydrogen (secondary N) is 2. The van der Waals surface area contributed by atoms with Crippen molar-refractivity contribution >= 4 is 35.8 Å². The van der Waals surface area contributed by atoms with Gasteiger partial charge in [0.1, 0.15) is 0 Å². The molecule has 1 saturated heterocycles. The van der Waals surface area contributed by atoms with E-state index in [1.807, 2.05) is 0 Å². The smallest absolute Gasteiger partial charge is 0.221 e. The molecular weight excluding hydrogens is 517 g/mol. The van der Waals surface area contributed by atoms with Crippen LogP contribution in [0.1, 0.15) is 51.2 Å². The van der Waals surface area contributed by atoms with E-state index in [9.17, 15) is 4.79 Å². The van der Waals surface area contributed by atoms with Gasteiger partial charge in [-0.15, -0.1) is 24.0 Å². The SMILES string of the molecule is CCNC(=NCc1cccc(CN2CCCC(C(N)=O)C2)c1)NCCCOCC(C)C.I. The number of nitrogens with zero attached hydrogens (tertiary/aromatic N) is 2. The molecule has 7 nitrogen and oxygen atoms in total. The second-order valence-corrected chi connectivity index (χ2v) is 8.74. The van der Waals surface area contributed by atoms with Gasteiger partial charge in [-0.2, -0.15) is 0 Å². The second-order valence-electron chi connectivity index (χ2n) is 8.74. The molecule has 0 spiro atoms. The van der Waals surface area contributed by atoms with Crippen LogP contribution in [0.3, 0.4) is 0 Å². The zero-order chi connectivity index (χ0) is 22.5. The zero-order valence-electron chi connectivity index (χ0n) is 19.9. The van der Waals surface area contributed by atoms with Gasteiger partial charge < -0.3 is 21.1 Å². The summed E-state index contributed by atoms with van der Waals surface area (Å²) in [5, 5.41) is 6.69. The summed E-state index contributed by atoms with van der Waals surface area (Å²) in [4.78, 5) is 18.6. The summed E-state index contributed by atoms with van der Waals surface area (Å²) in [6.07, 6.45) is 2.89. The Morgan fingerprint density at radius 3 is 2.81 bits per heavy atom. The zero-order valence-corrected chi connectivity index (χ0v) is 22.3. The first-order valence-electron chi connectivity index (χ1n) is 11.7. The van der Waals surface area contributed by atoms with Crippen LogP contribution in [0.5, 0.6) is 0 Å². The average Bonchev–Trinajstić information content (AvgIpc) is 2.74. The lowest BCUT2D eigenvalue weighted by Gasteiger charge is -2.31. The standard InChI is InChI=1S/C24H41N5O2.HI/c1-4-26-24(27-11-7-13-31-18-19(2)3)28-15-20-8-5-9-21(14-20)16-29-12-6-10-22(17-29)23(25)30;/h5,8-9,14,19,22H,4,6-7,10-13,15-18H2,1-3H3,(H2,25,30)(H2,26,27,28);1H. The maximum Gasteiger partial charge on any atom is 0.221 e. The van der Waals surface area contributed by atoms with Crippen LogP contribution in [0.2, 0.25) is 0 Å². The fourth-order valence-corrected chi connectivity index (χ4v) is 3.73. The van der Waals surface area contributed by atoms with E-state index in [2.05, 4.69) is 60.6 Å². The highest BCUT2D eigenvalue weighted by Gasteiger charge is 2.23. The molecule has 1 unspecified atom stereocenters. The van der Waals surface area contributed by atoms with Gasteiger partial charge in [0.25, 0.3) is 0 Å². The van der Waals surface area contributed by atoms with E-state index in [1.54, 1.807) is 0 Å². The molecule has 1 atom stereocenters. The number of carbonyl (C=O) groups excluding carboxylic acids is 1. The van der Waals surface area contributed by atoms with Gasteiger partial charge in [0.15, 0.2) is 5.96 Å². The normalized spacial score (nSPS) is 17.1. The number of benzene rings is 1. The monoisotopic (exact) mass is 559 g/mol. The van der Waals surface area contributed by atoms with Crippen LogP contribution in [0.15, 0.2) is 29.3 Å². The molecule has 0 radical (unpaired) electrons. The Labute approximate surface area is 211 Å². The first-order valence-corrected chi connectivity index (χ1v) is 11.7. The van der Waals surface area contributed by atoms with E-state index in [-0.39, 0.29) is 35.8 Å². The molecule has 0 saturated carbocycles. The first-order chi connectivity index (χ1) is 15.0. The molecule has 0 aliphatic carbocycles. The lowest BCUT2D eigenvalue weighted by Crippen LogP contribution is -2.40. The highest BCUT2D eigenvalue weighted by molar-refractivity contribution is 14.0. The number of hydrogen-bond donors (Lipinski definition) is 3. The molecule has 0 bridgehead atoms.